The number of benzene rings is 1. The van der Waals surface area contributed by atoms with Crippen LogP contribution in [0.1, 0.15) is 30.9 Å². The molecule has 3 rings (SSSR count). The maximum Gasteiger partial charge on any atom is 0.249 e. The molecular weight excluding hydrogens is 246 g/mol. The number of fused-ring (bicyclic) bond motifs is 1. The summed E-state index contributed by atoms with van der Waals surface area (Å²) >= 11 is 1.87. The minimum absolute atomic E-state index is 0.0548. The molecule has 18 heavy (non-hydrogen) atoms. The van der Waals surface area contributed by atoms with E-state index in [0.717, 1.165) is 31.6 Å². The molecule has 1 N–H and O–H groups in total. The molecule has 0 bridgehead atoms. The smallest absolute Gasteiger partial charge is 0.249 e. The lowest BCUT2D eigenvalue weighted by atomic mass is 10.0. The third kappa shape index (κ3) is 2.40. The van der Waals surface area contributed by atoms with E-state index in [-0.39, 0.29) is 18.1 Å². The van der Waals surface area contributed by atoms with Gasteiger partial charge in [0, 0.05) is 17.3 Å². The van der Waals surface area contributed by atoms with E-state index in [1.807, 2.05) is 17.8 Å². The molecule has 2 atom stereocenters. The van der Waals surface area contributed by atoms with Gasteiger partial charge in [-0.2, -0.15) is 0 Å². The van der Waals surface area contributed by atoms with Crippen LogP contribution in [0, 0.1) is 0 Å². The van der Waals surface area contributed by atoms with Crippen molar-refractivity contribution >= 4 is 17.7 Å². The zero-order chi connectivity index (χ0) is 12.4. The Hall–Kier alpha value is -1.00. The predicted octanol–water partition coefficient (Wildman–Crippen LogP) is 2.52. The highest BCUT2D eigenvalue weighted by atomic mass is 32.2. The highest BCUT2D eigenvalue weighted by Gasteiger charge is 2.28. The molecule has 1 aromatic rings. The topological polar surface area (TPSA) is 38.3 Å². The first-order valence-electron chi connectivity index (χ1n) is 6.48. The quantitative estimate of drug-likeness (QED) is 0.891. The van der Waals surface area contributed by atoms with Crippen LogP contribution < -0.4 is 5.32 Å². The summed E-state index contributed by atoms with van der Waals surface area (Å²) in [4.78, 5) is 13.4. The monoisotopic (exact) mass is 263 g/mol. The highest BCUT2D eigenvalue weighted by molar-refractivity contribution is 7.99. The summed E-state index contributed by atoms with van der Waals surface area (Å²) in [5.74, 6) is 1.12. The van der Waals surface area contributed by atoms with Gasteiger partial charge in [0.05, 0.1) is 6.04 Å². The number of ether oxygens (including phenoxy) is 1. The molecule has 0 unspecified atom stereocenters. The summed E-state index contributed by atoms with van der Waals surface area (Å²) in [6, 6.07) is 8.48. The van der Waals surface area contributed by atoms with Gasteiger partial charge in [-0.15, -0.1) is 11.8 Å². The number of hydrogen-bond acceptors (Lipinski definition) is 3. The fourth-order valence-corrected chi connectivity index (χ4v) is 3.67. The first-order chi connectivity index (χ1) is 8.84. The normalized spacial score (nSPS) is 26.7. The van der Waals surface area contributed by atoms with Gasteiger partial charge in [0.1, 0.15) is 6.10 Å². The molecule has 2 heterocycles. The van der Waals surface area contributed by atoms with Crippen LogP contribution in [0.25, 0.3) is 0 Å². The lowest BCUT2D eigenvalue weighted by Gasteiger charge is -2.26. The minimum atomic E-state index is -0.230. The summed E-state index contributed by atoms with van der Waals surface area (Å²) in [6.45, 7) is 0.717. The minimum Gasteiger partial charge on any atom is -0.368 e. The lowest BCUT2D eigenvalue weighted by Crippen LogP contribution is -2.37. The van der Waals surface area contributed by atoms with Crippen LogP contribution in [0.2, 0.25) is 0 Å². The van der Waals surface area contributed by atoms with E-state index in [9.17, 15) is 4.79 Å². The van der Waals surface area contributed by atoms with Crippen molar-refractivity contribution in [2.24, 2.45) is 0 Å². The van der Waals surface area contributed by atoms with Crippen molar-refractivity contribution < 1.29 is 9.53 Å². The fourth-order valence-electron chi connectivity index (χ4n) is 2.54. The molecule has 1 fully saturated rings. The first-order valence-corrected chi connectivity index (χ1v) is 7.47. The summed E-state index contributed by atoms with van der Waals surface area (Å²) in [5, 5.41) is 3.14. The molecular formula is C14H17NO2S. The molecule has 1 amide bonds. The van der Waals surface area contributed by atoms with Crippen molar-refractivity contribution in [3.8, 4) is 0 Å². The summed E-state index contributed by atoms with van der Waals surface area (Å²) in [5.41, 5.74) is 1.25. The van der Waals surface area contributed by atoms with E-state index in [0.29, 0.717) is 0 Å². The summed E-state index contributed by atoms with van der Waals surface area (Å²) in [6.07, 6.45) is 2.62. The molecule has 0 spiro atoms. The van der Waals surface area contributed by atoms with Gasteiger partial charge in [-0.25, -0.2) is 0 Å². The predicted molar refractivity (Wildman–Crippen MR) is 71.6 cm³/mol. The zero-order valence-electron chi connectivity index (χ0n) is 10.2. The third-order valence-corrected chi connectivity index (χ3v) is 4.62. The molecule has 96 valence electrons. The van der Waals surface area contributed by atoms with E-state index in [1.54, 1.807) is 0 Å². The van der Waals surface area contributed by atoms with Crippen LogP contribution in [0.3, 0.4) is 0 Å². The number of rotatable bonds is 2. The van der Waals surface area contributed by atoms with Gasteiger partial charge in [0.25, 0.3) is 0 Å². The van der Waals surface area contributed by atoms with Gasteiger partial charge in [0.2, 0.25) is 5.91 Å². The van der Waals surface area contributed by atoms with Gasteiger partial charge in [-0.3, -0.25) is 4.79 Å². The average molecular weight is 263 g/mol. The standard InChI is InChI=1S/C14H17NO2S/c16-14(12-5-3-8-17-12)15-11-7-9-18-13-6-2-1-4-10(11)13/h1-2,4,6,11-12H,3,5,7-9H2,(H,15,16)/t11-,12-/m1/s1. The molecule has 3 nitrogen and oxygen atoms in total. The van der Waals surface area contributed by atoms with Gasteiger partial charge in [0.15, 0.2) is 0 Å². The van der Waals surface area contributed by atoms with E-state index in [1.165, 1.54) is 10.5 Å². The van der Waals surface area contributed by atoms with Crippen LogP contribution in [0.4, 0.5) is 0 Å². The summed E-state index contributed by atoms with van der Waals surface area (Å²) in [7, 11) is 0. The van der Waals surface area contributed by atoms with Gasteiger partial charge < -0.3 is 10.1 Å². The molecule has 1 saturated heterocycles. The number of hydrogen-bond donors (Lipinski definition) is 1. The lowest BCUT2D eigenvalue weighted by molar-refractivity contribution is -0.130. The molecule has 2 aliphatic rings. The molecule has 0 saturated carbocycles. The van der Waals surface area contributed by atoms with Crippen molar-refractivity contribution in [2.45, 2.75) is 36.3 Å². The van der Waals surface area contributed by atoms with Gasteiger partial charge >= 0.3 is 0 Å². The third-order valence-electron chi connectivity index (χ3n) is 3.50. The Balaban J connectivity index is 1.72. The largest absolute Gasteiger partial charge is 0.368 e. The molecule has 0 aromatic heterocycles. The van der Waals surface area contributed by atoms with Crippen LogP contribution in [0.15, 0.2) is 29.2 Å². The molecule has 2 aliphatic heterocycles. The maximum absolute atomic E-state index is 12.1. The first kappa shape index (κ1) is 12.1. The van der Waals surface area contributed by atoms with Crippen molar-refractivity contribution in [2.75, 3.05) is 12.4 Å². The Bertz CT molecular complexity index is 443. The van der Waals surface area contributed by atoms with E-state index in [2.05, 4.69) is 23.5 Å². The van der Waals surface area contributed by atoms with Crippen molar-refractivity contribution in [3.63, 3.8) is 0 Å². The second-order valence-electron chi connectivity index (χ2n) is 4.74. The van der Waals surface area contributed by atoms with Crippen molar-refractivity contribution in [3.05, 3.63) is 29.8 Å². The second kappa shape index (κ2) is 5.33. The number of carbonyl (C=O) groups is 1. The Kier molecular flexibility index (Phi) is 3.57. The van der Waals surface area contributed by atoms with Crippen molar-refractivity contribution in [1.82, 2.24) is 5.32 Å². The summed E-state index contributed by atoms with van der Waals surface area (Å²) < 4.78 is 5.43. The number of amides is 1. The van der Waals surface area contributed by atoms with Crippen LogP contribution in [0.5, 0.6) is 0 Å². The fraction of sp³-hybridized carbons (Fsp3) is 0.500. The average Bonchev–Trinajstić information content (AvgIpc) is 2.93. The van der Waals surface area contributed by atoms with Gasteiger partial charge in [-0.1, -0.05) is 18.2 Å². The van der Waals surface area contributed by atoms with Crippen molar-refractivity contribution in [1.29, 1.82) is 0 Å². The molecule has 0 aliphatic carbocycles. The number of carbonyl (C=O) groups excluding carboxylic acids is 1. The number of nitrogens with one attached hydrogen (secondary N) is 1. The van der Waals surface area contributed by atoms with Crippen LogP contribution in [-0.2, 0) is 9.53 Å². The highest BCUT2D eigenvalue weighted by Crippen LogP contribution is 2.35. The zero-order valence-corrected chi connectivity index (χ0v) is 11.0. The SMILES string of the molecule is O=C(N[C@@H]1CCSc2ccccc21)[C@H]1CCCO1. The maximum atomic E-state index is 12.1. The Morgan fingerprint density at radius 2 is 2.22 bits per heavy atom. The Morgan fingerprint density at radius 3 is 3.06 bits per heavy atom. The van der Waals surface area contributed by atoms with E-state index < -0.39 is 0 Å². The molecule has 0 radical (unpaired) electrons. The van der Waals surface area contributed by atoms with E-state index in [4.69, 9.17) is 4.74 Å². The van der Waals surface area contributed by atoms with Crippen LogP contribution >= 0.6 is 11.8 Å². The van der Waals surface area contributed by atoms with Crippen LogP contribution in [-0.4, -0.2) is 24.4 Å². The molecule has 1 aromatic carbocycles. The van der Waals surface area contributed by atoms with E-state index >= 15 is 0 Å². The van der Waals surface area contributed by atoms with Gasteiger partial charge in [-0.05, 0) is 30.9 Å². The molecule has 4 heteroatoms. The second-order valence-corrected chi connectivity index (χ2v) is 5.87. The Morgan fingerprint density at radius 1 is 1.33 bits per heavy atom. The Labute approximate surface area is 111 Å². The number of thioether (sulfide) groups is 1.